The molecule has 6 heteroatoms. The van der Waals surface area contributed by atoms with Crippen LogP contribution in [0, 0.1) is 13.8 Å². The van der Waals surface area contributed by atoms with Gasteiger partial charge in [0.25, 0.3) is 0 Å². The third-order valence-electron chi connectivity index (χ3n) is 5.92. The van der Waals surface area contributed by atoms with Gasteiger partial charge in [-0.15, -0.1) is 0 Å². The Morgan fingerprint density at radius 1 is 1.03 bits per heavy atom. The van der Waals surface area contributed by atoms with Crippen molar-refractivity contribution >= 4 is 23.5 Å². The lowest BCUT2D eigenvalue weighted by Gasteiger charge is -2.20. The zero-order valence-corrected chi connectivity index (χ0v) is 21.8. The van der Waals surface area contributed by atoms with Gasteiger partial charge in [-0.25, -0.2) is 0 Å². The molecule has 3 aromatic rings. The van der Waals surface area contributed by atoms with Crippen molar-refractivity contribution in [3.8, 4) is 0 Å². The van der Waals surface area contributed by atoms with E-state index in [-0.39, 0.29) is 24.6 Å². The molecule has 6 nitrogen and oxygen atoms in total. The Kier molecular flexibility index (Phi) is 8.28. The van der Waals surface area contributed by atoms with E-state index in [1.807, 2.05) is 51.2 Å². The zero-order valence-electron chi connectivity index (χ0n) is 21.8. The summed E-state index contributed by atoms with van der Waals surface area (Å²) >= 11 is 0. The molecule has 184 valence electrons. The lowest BCUT2D eigenvalue weighted by atomic mass is 9.86. The van der Waals surface area contributed by atoms with Gasteiger partial charge in [-0.1, -0.05) is 75.4 Å². The summed E-state index contributed by atoms with van der Waals surface area (Å²) in [7, 11) is 3.60. The van der Waals surface area contributed by atoms with E-state index in [1.54, 1.807) is 17.9 Å². The van der Waals surface area contributed by atoms with E-state index < -0.39 is 0 Å². The number of carbonyl (C=O) groups excluding carboxylic acids is 1. The summed E-state index contributed by atoms with van der Waals surface area (Å²) in [6.45, 7) is 10.3. The van der Waals surface area contributed by atoms with E-state index in [0.717, 1.165) is 33.7 Å². The first-order chi connectivity index (χ1) is 16.6. The zero-order chi connectivity index (χ0) is 25.6. The standard InChI is InChI=1S/C29H35N3O3/c1-20-21(2)31-32(7)27(20)28(35-19-34-26(33)17-22-11-9-8-10-12-22)25(18-30-6)23-13-15-24(16-14-23)29(3,4)5/h8-16,18H,17,19H2,1-7H3/b28-25-,30-18?. The maximum atomic E-state index is 12.4. The highest BCUT2D eigenvalue weighted by atomic mass is 16.7. The third-order valence-corrected chi connectivity index (χ3v) is 5.92. The highest BCUT2D eigenvalue weighted by Crippen LogP contribution is 2.31. The molecular weight excluding hydrogens is 438 g/mol. The number of benzene rings is 2. The monoisotopic (exact) mass is 473 g/mol. The molecule has 0 amide bonds. The van der Waals surface area contributed by atoms with Gasteiger partial charge in [-0.2, -0.15) is 5.10 Å². The molecule has 0 radical (unpaired) electrons. The van der Waals surface area contributed by atoms with Gasteiger partial charge in [0.05, 0.1) is 12.1 Å². The predicted octanol–water partition coefficient (Wildman–Crippen LogP) is 5.66. The van der Waals surface area contributed by atoms with Crippen LogP contribution in [0.15, 0.2) is 59.6 Å². The van der Waals surface area contributed by atoms with Gasteiger partial charge >= 0.3 is 5.97 Å². The molecule has 0 N–H and O–H groups in total. The van der Waals surface area contributed by atoms with E-state index >= 15 is 0 Å². The van der Waals surface area contributed by atoms with Crippen molar-refractivity contribution in [1.82, 2.24) is 9.78 Å². The normalized spacial score (nSPS) is 12.5. The van der Waals surface area contributed by atoms with Crippen LogP contribution < -0.4 is 0 Å². The molecule has 0 aliphatic heterocycles. The van der Waals surface area contributed by atoms with Crippen molar-refractivity contribution in [3.63, 3.8) is 0 Å². The van der Waals surface area contributed by atoms with Crippen LogP contribution in [0.2, 0.25) is 0 Å². The molecule has 0 aliphatic rings. The number of carbonyl (C=O) groups is 1. The van der Waals surface area contributed by atoms with Gasteiger partial charge in [0.1, 0.15) is 5.69 Å². The molecule has 0 spiro atoms. The van der Waals surface area contributed by atoms with Crippen LogP contribution in [-0.4, -0.2) is 35.8 Å². The lowest BCUT2D eigenvalue weighted by Crippen LogP contribution is -2.13. The number of aliphatic imine (C=N–C) groups is 1. The SMILES string of the molecule is CN=C/C(=C(/OCOC(=O)Cc1ccccc1)c1c(C)c(C)nn1C)c1ccc(C(C)(C)C)cc1. The Bertz CT molecular complexity index is 1210. The van der Waals surface area contributed by atoms with Gasteiger partial charge in [0.2, 0.25) is 6.79 Å². The molecule has 0 unspecified atom stereocenters. The number of nitrogens with zero attached hydrogens (tertiary/aromatic N) is 3. The lowest BCUT2D eigenvalue weighted by molar-refractivity contribution is -0.150. The first-order valence-electron chi connectivity index (χ1n) is 11.7. The van der Waals surface area contributed by atoms with Crippen molar-refractivity contribution in [2.75, 3.05) is 13.8 Å². The van der Waals surface area contributed by atoms with E-state index in [2.05, 4.69) is 55.1 Å². The molecule has 35 heavy (non-hydrogen) atoms. The maximum Gasteiger partial charge on any atom is 0.313 e. The number of aromatic nitrogens is 2. The minimum absolute atomic E-state index is 0.0449. The molecule has 0 saturated carbocycles. The quantitative estimate of drug-likeness (QED) is 0.183. The van der Waals surface area contributed by atoms with E-state index in [0.29, 0.717) is 5.76 Å². The minimum atomic E-state index is -0.353. The molecule has 3 rings (SSSR count). The van der Waals surface area contributed by atoms with Crippen molar-refractivity contribution < 1.29 is 14.3 Å². The van der Waals surface area contributed by atoms with E-state index in [4.69, 9.17) is 9.47 Å². The Balaban J connectivity index is 1.96. The number of allylic oxidation sites excluding steroid dienone is 1. The highest BCUT2D eigenvalue weighted by Gasteiger charge is 2.21. The Labute approximate surface area is 208 Å². The second-order valence-electron chi connectivity index (χ2n) is 9.58. The van der Waals surface area contributed by atoms with Crippen LogP contribution in [0.5, 0.6) is 0 Å². The average molecular weight is 474 g/mol. The number of hydrogen-bond donors (Lipinski definition) is 0. The van der Waals surface area contributed by atoms with Crippen molar-refractivity contribution in [3.05, 3.63) is 88.2 Å². The van der Waals surface area contributed by atoms with E-state index in [1.165, 1.54) is 5.56 Å². The second kappa shape index (κ2) is 11.2. The molecule has 1 aromatic heterocycles. The van der Waals surface area contributed by atoms with Crippen LogP contribution in [0.1, 0.15) is 54.4 Å². The molecule has 0 aliphatic carbocycles. The second-order valence-corrected chi connectivity index (χ2v) is 9.58. The molecule has 0 bridgehead atoms. The summed E-state index contributed by atoms with van der Waals surface area (Å²) in [4.78, 5) is 16.7. The van der Waals surface area contributed by atoms with Crippen molar-refractivity contribution in [1.29, 1.82) is 0 Å². The first kappa shape index (κ1) is 25.9. The molecule has 2 aromatic carbocycles. The van der Waals surface area contributed by atoms with Gasteiger partial charge in [0.15, 0.2) is 5.76 Å². The van der Waals surface area contributed by atoms with Crippen molar-refractivity contribution in [2.45, 2.75) is 46.5 Å². The fourth-order valence-electron chi connectivity index (χ4n) is 3.87. The number of rotatable bonds is 8. The highest BCUT2D eigenvalue weighted by molar-refractivity contribution is 6.18. The van der Waals surface area contributed by atoms with Crippen molar-refractivity contribution in [2.24, 2.45) is 12.0 Å². The van der Waals surface area contributed by atoms with Gasteiger partial charge < -0.3 is 9.47 Å². The maximum absolute atomic E-state index is 12.4. The van der Waals surface area contributed by atoms with Gasteiger partial charge in [0, 0.05) is 31.4 Å². The van der Waals surface area contributed by atoms with Crippen LogP contribution in [-0.2, 0) is 33.2 Å². The summed E-state index contributed by atoms with van der Waals surface area (Å²) < 4.78 is 13.4. The summed E-state index contributed by atoms with van der Waals surface area (Å²) in [5, 5.41) is 4.56. The summed E-state index contributed by atoms with van der Waals surface area (Å²) in [5.74, 6) is 0.209. The number of aryl methyl sites for hydroxylation is 2. The van der Waals surface area contributed by atoms with Gasteiger partial charge in [-0.3, -0.25) is 14.5 Å². The topological polar surface area (TPSA) is 65.7 Å². The summed E-state index contributed by atoms with van der Waals surface area (Å²) in [6.07, 6.45) is 1.96. The smallest absolute Gasteiger partial charge is 0.313 e. The predicted molar refractivity (Wildman–Crippen MR) is 141 cm³/mol. The number of esters is 1. The first-order valence-corrected chi connectivity index (χ1v) is 11.7. The average Bonchev–Trinajstić information content (AvgIpc) is 3.07. The van der Waals surface area contributed by atoms with Crippen LogP contribution >= 0.6 is 0 Å². The Morgan fingerprint density at radius 2 is 1.69 bits per heavy atom. The summed E-state index contributed by atoms with van der Waals surface area (Å²) in [5.41, 5.74) is 6.63. The van der Waals surface area contributed by atoms with Crippen LogP contribution in [0.25, 0.3) is 11.3 Å². The summed E-state index contributed by atoms with van der Waals surface area (Å²) in [6, 6.07) is 17.9. The Hall–Kier alpha value is -3.67. The van der Waals surface area contributed by atoms with Crippen LogP contribution in [0.3, 0.4) is 0 Å². The van der Waals surface area contributed by atoms with E-state index in [9.17, 15) is 4.79 Å². The fourth-order valence-corrected chi connectivity index (χ4v) is 3.87. The molecular formula is C29H35N3O3. The third kappa shape index (κ3) is 6.47. The Morgan fingerprint density at radius 3 is 2.23 bits per heavy atom. The molecule has 0 fully saturated rings. The van der Waals surface area contributed by atoms with Gasteiger partial charge in [-0.05, 0) is 36.0 Å². The van der Waals surface area contributed by atoms with Crippen LogP contribution in [0.4, 0.5) is 0 Å². The number of hydrogen-bond acceptors (Lipinski definition) is 5. The number of ether oxygens (including phenoxy) is 2. The molecule has 0 atom stereocenters. The minimum Gasteiger partial charge on any atom is -0.454 e. The molecule has 0 saturated heterocycles. The fraction of sp³-hybridized carbons (Fsp3) is 0.345. The molecule has 1 heterocycles. The largest absolute Gasteiger partial charge is 0.454 e.